The van der Waals surface area contributed by atoms with Crippen molar-refractivity contribution in [3.8, 4) is 11.4 Å². The number of pyridine rings is 2. The van der Waals surface area contributed by atoms with Crippen LogP contribution in [0.3, 0.4) is 0 Å². The molecule has 0 N–H and O–H groups in total. The Morgan fingerprint density at radius 1 is 0.714 bits per heavy atom. The van der Waals surface area contributed by atoms with E-state index in [0.29, 0.717) is 0 Å². The van der Waals surface area contributed by atoms with E-state index in [2.05, 4.69) is 41.8 Å². The van der Waals surface area contributed by atoms with Gasteiger partial charge in [-0.25, -0.2) is 9.97 Å². The summed E-state index contributed by atoms with van der Waals surface area (Å²) in [5.74, 6) is 0. The van der Waals surface area contributed by atoms with Crippen LogP contribution in [0.25, 0.3) is 11.4 Å². The number of hydrogen-bond acceptors (Lipinski definition) is 2. The lowest BCUT2D eigenvalue weighted by molar-refractivity contribution is 1.20. The monoisotopic (exact) mass is 312 g/mol. The maximum Gasteiger partial charge on any atom is 0.106 e. The summed E-state index contributed by atoms with van der Waals surface area (Å²) in [6, 6.07) is 11.5. The Morgan fingerprint density at radius 3 is 1.50 bits per heavy atom. The highest BCUT2D eigenvalue weighted by Gasteiger charge is 2.01. The summed E-state index contributed by atoms with van der Waals surface area (Å²) in [7, 11) is 0. The molecular formula is C10H6Br2N2. The Balaban J connectivity index is 2.49. The third kappa shape index (κ3) is 2.19. The second kappa shape index (κ2) is 4.19. The average Bonchev–Trinajstić information content (AvgIpc) is 2.18. The predicted octanol–water partition coefficient (Wildman–Crippen LogP) is 3.67. The van der Waals surface area contributed by atoms with Crippen LogP contribution >= 0.6 is 31.9 Å². The molecule has 4 heteroatoms. The van der Waals surface area contributed by atoms with Crippen LogP contribution in [0.1, 0.15) is 0 Å². The molecule has 0 fully saturated rings. The standard InChI is InChI=1S/C10H6Br2N2/c11-9-5-1-3-7(13-9)8-4-2-6-10(12)14-8/h1-6H. The van der Waals surface area contributed by atoms with Gasteiger partial charge in [0, 0.05) is 0 Å². The van der Waals surface area contributed by atoms with E-state index in [9.17, 15) is 0 Å². The molecule has 2 heterocycles. The minimum atomic E-state index is 0.816. The molecule has 0 spiro atoms. The molecule has 0 atom stereocenters. The Labute approximate surface area is 98.7 Å². The summed E-state index contributed by atoms with van der Waals surface area (Å²) in [5.41, 5.74) is 1.72. The molecule has 2 aromatic heterocycles. The van der Waals surface area contributed by atoms with Crippen molar-refractivity contribution in [2.24, 2.45) is 0 Å². The average molecular weight is 314 g/mol. The molecule has 0 aliphatic carbocycles. The lowest BCUT2D eigenvalue weighted by Crippen LogP contribution is -1.87. The Morgan fingerprint density at radius 2 is 1.14 bits per heavy atom. The van der Waals surface area contributed by atoms with Crippen LogP contribution in [0, 0.1) is 0 Å². The minimum Gasteiger partial charge on any atom is -0.239 e. The van der Waals surface area contributed by atoms with E-state index >= 15 is 0 Å². The van der Waals surface area contributed by atoms with Gasteiger partial charge in [-0.15, -0.1) is 0 Å². The van der Waals surface area contributed by atoms with Gasteiger partial charge in [-0.1, -0.05) is 12.1 Å². The molecule has 70 valence electrons. The van der Waals surface area contributed by atoms with Gasteiger partial charge < -0.3 is 0 Å². The smallest absolute Gasteiger partial charge is 0.106 e. The Bertz CT molecular complexity index is 414. The largest absolute Gasteiger partial charge is 0.239 e. The van der Waals surface area contributed by atoms with Crippen molar-refractivity contribution in [1.82, 2.24) is 9.97 Å². The van der Waals surface area contributed by atoms with Gasteiger partial charge in [-0.3, -0.25) is 0 Å². The second-order valence-corrected chi connectivity index (χ2v) is 4.32. The molecule has 14 heavy (non-hydrogen) atoms. The topological polar surface area (TPSA) is 25.8 Å². The number of aromatic nitrogens is 2. The fourth-order valence-electron chi connectivity index (χ4n) is 1.10. The summed E-state index contributed by atoms with van der Waals surface area (Å²) < 4.78 is 1.63. The molecule has 0 aliphatic rings. The molecule has 2 aromatic rings. The fraction of sp³-hybridized carbons (Fsp3) is 0. The molecule has 0 saturated carbocycles. The van der Waals surface area contributed by atoms with E-state index in [1.807, 2.05) is 36.4 Å². The van der Waals surface area contributed by atoms with Crippen LogP contribution < -0.4 is 0 Å². The number of hydrogen-bond donors (Lipinski definition) is 0. The van der Waals surface area contributed by atoms with E-state index in [-0.39, 0.29) is 0 Å². The van der Waals surface area contributed by atoms with Crippen LogP contribution in [-0.4, -0.2) is 9.97 Å². The number of nitrogens with zero attached hydrogens (tertiary/aromatic N) is 2. The maximum atomic E-state index is 4.32. The highest BCUT2D eigenvalue weighted by molar-refractivity contribution is 9.10. The molecule has 0 unspecified atom stereocenters. The van der Waals surface area contributed by atoms with Crippen LogP contribution in [0.4, 0.5) is 0 Å². The lowest BCUT2D eigenvalue weighted by Gasteiger charge is -2.00. The first-order valence-corrected chi connectivity index (χ1v) is 5.60. The van der Waals surface area contributed by atoms with E-state index in [0.717, 1.165) is 20.6 Å². The van der Waals surface area contributed by atoms with Crippen molar-refractivity contribution in [3.05, 3.63) is 45.6 Å². The van der Waals surface area contributed by atoms with Crippen LogP contribution in [0.2, 0.25) is 0 Å². The molecule has 2 rings (SSSR count). The van der Waals surface area contributed by atoms with Gasteiger partial charge >= 0.3 is 0 Å². The SMILES string of the molecule is Brc1cccc(-c2cccc(Br)n2)n1. The van der Waals surface area contributed by atoms with Crippen molar-refractivity contribution in [1.29, 1.82) is 0 Å². The summed E-state index contributed by atoms with van der Waals surface area (Å²) in [6.07, 6.45) is 0. The van der Waals surface area contributed by atoms with Gasteiger partial charge in [0.1, 0.15) is 9.21 Å². The predicted molar refractivity (Wildman–Crippen MR) is 62.9 cm³/mol. The van der Waals surface area contributed by atoms with Crippen molar-refractivity contribution in [2.45, 2.75) is 0 Å². The number of halogens is 2. The van der Waals surface area contributed by atoms with Gasteiger partial charge in [0.05, 0.1) is 11.4 Å². The third-order valence-corrected chi connectivity index (χ3v) is 2.58. The Hall–Kier alpha value is -0.740. The van der Waals surface area contributed by atoms with Gasteiger partial charge in [0.15, 0.2) is 0 Å². The third-order valence-electron chi connectivity index (χ3n) is 1.69. The molecule has 0 saturated heterocycles. The van der Waals surface area contributed by atoms with Crippen LogP contribution in [-0.2, 0) is 0 Å². The van der Waals surface area contributed by atoms with Crippen molar-refractivity contribution in [2.75, 3.05) is 0 Å². The van der Waals surface area contributed by atoms with Crippen molar-refractivity contribution >= 4 is 31.9 Å². The first-order valence-electron chi connectivity index (χ1n) is 4.01. The molecule has 0 bridgehead atoms. The number of rotatable bonds is 1. The highest BCUT2D eigenvalue weighted by Crippen LogP contribution is 2.18. The summed E-state index contributed by atoms with van der Waals surface area (Å²) in [6.45, 7) is 0. The summed E-state index contributed by atoms with van der Waals surface area (Å²) in [4.78, 5) is 8.64. The van der Waals surface area contributed by atoms with E-state index in [1.165, 1.54) is 0 Å². The maximum absolute atomic E-state index is 4.32. The normalized spacial score (nSPS) is 10.1. The zero-order valence-electron chi connectivity index (χ0n) is 7.11. The van der Waals surface area contributed by atoms with E-state index in [4.69, 9.17) is 0 Å². The zero-order chi connectivity index (χ0) is 9.97. The summed E-state index contributed by atoms with van der Waals surface area (Å²) >= 11 is 6.65. The fourth-order valence-corrected chi connectivity index (χ4v) is 1.79. The zero-order valence-corrected chi connectivity index (χ0v) is 10.3. The van der Waals surface area contributed by atoms with Crippen molar-refractivity contribution in [3.63, 3.8) is 0 Å². The Kier molecular flexibility index (Phi) is 2.93. The van der Waals surface area contributed by atoms with Crippen molar-refractivity contribution < 1.29 is 0 Å². The highest BCUT2D eigenvalue weighted by atomic mass is 79.9. The lowest BCUT2D eigenvalue weighted by atomic mass is 10.2. The molecule has 2 nitrogen and oxygen atoms in total. The molecular weight excluding hydrogens is 308 g/mol. The quantitative estimate of drug-likeness (QED) is 0.751. The molecule has 0 amide bonds. The van der Waals surface area contributed by atoms with Gasteiger partial charge in [0.25, 0.3) is 0 Å². The first-order chi connectivity index (χ1) is 6.75. The second-order valence-electron chi connectivity index (χ2n) is 2.69. The van der Waals surface area contributed by atoms with Crippen LogP contribution in [0.5, 0.6) is 0 Å². The van der Waals surface area contributed by atoms with Gasteiger partial charge in [-0.05, 0) is 56.1 Å². The van der Waals surface area contributed by atoms with Gasteiger partial charge in [-0.2, -0.15) is 0 Å². The van der Waals surface area contributed by atoms with E-state index in [1.54, 1.807) is 0 Å². The minimum absolute atomic E-state index is 0.816. The van der Waals surface area contributed by atoms with E-state index < -0.39 is 0 Å². The first kappa shape index (κ1) is 9.80. The molecule has 0 aromatic carbocycles. The molecule has 0 aliphatic heterocycles. The van der Waals surface area contributed by atoms with Gasteiger partial charge in [0.2, 0.25) is 0 Å². The molecule has 0 radical (unpaired) electrons. The van der Waals surface area contributed by atoms with Crippen LogP contribution in [0.15, 0.2) is 45.6 Å². The summed E-state index contributed by atoms with van der Waals surface area (Å²) in [5, 5.41) is 0.